The van der Waals surface area contributed by atoms with Crippen LogP contribution in [0.3, 0.4) is 0 Å². The van der Waals surface area contributed by atoms with Gasteiger partial charge in [0.2, 0.25) is 10.0 Å². The summed E-state index contributed by atoms with van der Waals surface area (Å²) in [5, 5.41) is 0.0342. The molecule has 0 heterocycles. The van der Waals surface area contributed by atoms with Crippen molar-refractivity contribution in [3.05, 3.63) is 57.1 Å². The number of hydrogen-bond acceptors (Lipinski definition) is 3. The van der Waals surface area contributed by atoms with E-state index in [1.165, 1.54) is 30.4 Å². The molecule has 0 saturated carbocycles. The first kappa shape index (κ1) is 18.5. The van der Waals surface area contributed by atoms with Gasteiger partial charge in [-0.15, -0.1) is 0 Å². The van der Waals surface area contributed by atoms with Crippen LogP contribution in [-0.4, -0.2) is 15.5 Å². The number of sulfonamides is 1. The van der Waals surface area contributed by atoms with Crippen molar-refractivity contribution in [2.75, 3.05) is 7.11 Å². The number of ether oxygens (including phenoxy) is 1. The van der Waals surface area contributed by atoms with Gasteiger partial charge in [0.1, 0.15) is 15.7 Å². The lowest BCUT2D eigenvalue weighted by molar-refractivity contribution is 0.414. The molecule has 2 aromatic rings. The highest BCUT2D eigenvalue weighted by atomic mass is 35.5. The Morgan fingerprint density at radius 2 is 1.80 bits per heavy atom. The predicted octanol–water partition coefficient (Wildman–Crippen LogP) is 4.53. The zero-order chi connectivity index (χ0) is 18.2. The molecule has 0 aliphatic heterocycles. The van der Waals surface area contributed by atoms with E-state index in [-0.39, 0.29) is 21.0 Å². The second-order valence-corrected chi connectivity index (χ2v) is 8.56. The molecule has 1 aliphatic rings. The molecule has 0 amide bonds. The quantitative estimate of drug-likeness (QED) is 0.803. The Balaban J connectivity index is 1.87. The number of benzene rings is 2. The van der Waals surface area contributed by atoms with Gasteiger partial charge in [0.25, 0.3) is 0 Å². The minimum Gasteiger partial charge on any atom is -0.495 e. The van der Waals surface area contributed by atoms with E-state index in [9.17, 15) is 8.42 Å². The van der Waals surface area contributed by atoms with Gasteiger partial charge >= 0.3 is 0 Å². The Bertz CT molecular complexity index is 913. The largest absolute Gasteiger partial charge is 0.495 e. The molecule has 1 atom stereocenters. The lowest BCUT2D eigenvalue weighted by atomic mass is 10.0. The number of methoxy groups -OCH3 is 1. The van der Waals surface area contributed by atoms with Crippen LogP contribution in [0, 0.1) is 0 Å². The number of nitrogens with one attached hydrogen (secondary N) is 1. The van der Waals surface area contributed by atoms with Gasteiger partial charge in [0.15, 0.2) is 0 Å². The molecule has 2 aromatic carbocycles. The van der Waals surface area contributed by atoms with E-state index in [0.717, 1.165) is 24.8 Å². The molecule has 0 fully saturated rings. The number of aryl methyl sites for hydroxylation is 2. The van der Waals surface area contributed by atoms with Gasteiger partial charge in [-0.1, -0.05) is 41.4 Å². The van der Waals surface area contributed by atoms with E-state index in [1.54, 1.807) is 0 Å². The lowest BCUT2D eigenvalue weighted by Crippen LogP contribution is -2.27. The highest BCUT2D eigenvalue weighted by Gasteiger charge is 2.24. The topological polar surface area (TPSA) is 55.4 Å². The zero-order valence-corrected chi connectivity index (χ0v) is 16.3. The summed E-state index contributed by atoms with van der Waals surface area (Å²) in [6, 6.07) is 8.64. The average molecular weight is 400 g/mol. The maximum atomic E-state index is 12.7. The van der Waals surface area contributed by atoms with Gasteiger partial charge in [-0.2, -0.15) is 0 Å². The Kier molecular flexibility index (Phi) is 5.30. The number of halogens is 2. The first-order valence-corrected chi connectivity index (χ1v) is 10.2. The fourth-order valence-electron chi connectivity index (χ4n) is 3.10. The third-order valence-corrected chi connectivity index (χ3v) is 7.04. The van der Waals surface area contributed by atoms with Crippen molar-refractivity contribution >= 4 is 33.2 Å². The number of fused-ring (bicyclic) bond motifs is 1. The lowest BCUT2D eigenvalue weighted by Gasteiger charge is -2.17. The summed E-state index contributed by atoms with van der Waals surface area (Å²) < 4.78 is 33.2. The van der Waals surface area contributed by atoms with Crippen LogP contribution >= 0.6 is 23.2 Å². The summed E-state index contributed by atoms with van der Waals surface area (Å²) in [6.45, 7) is 1.81. The highest BCUT2D eigenvalue weighted by Crippen LogP contribution is 2.37. The molecule has 0 radical (unpaired) electrons. The molecule has 3 rings (SSSR count). The highest BCUT2D eigenvalue weighted by molar-refractivity contribution is 7.89. The van der Waals surface area contributed by atoms with Crippen LogP contribution in [0.1, 0.15) is 36.1 Å². The molecule has 1 N–H and O–H groups in total. The first-order valence-electron chi connectivity index (χ1n) is 7.99. The van der Waals surface area contributed by atoms with Crippen LogP contribution in [0.2, 0.25) is 10.0 Å². The summed E-state index contributed by atoms with van der Waals surface area (Å²) in [5.41, 5.74) is 3.58. The predicted molar refractivity (Wildman–Crippen MR) is 100 cm³/mol. The monoisotopic (exact) mass is 399 g/mol. The Hall–Kier alpha value is -1.27. The van der Waals surface area contributed by atoms with Gasteiger partial charge in [-0.05, 0) is 55.0 Å². The van der Waals surface area contributed by atoms with Gasteiger partial charge in [0, 0.05) is 6.04 Å². The van der Waals surface area contributed by atoms with Crippen molar-refractivity contribution in [1.29, 1.82) is 0 Å². The second kappa shape index (κ2) is 7.16. The third kappa shape index (κ3) is 3.65. The van der Waals surface area contributed by atoms with Crippen molar-refractivity contribution in [3.8, 4) is 5.75 Å². The summed E-state index contributed by atoms with van der Waals surface area (Å²) in [6.07, 6.45) is 3.29. The Labute approximate surface area is 158 Å². The van der Waals surface area contributed by atoms with Crippen LogP contribution in [0.15, 0.2) is 35.2 Å². The van der Waals surface area contributed by atoms with Crippen LogP contribution in [-0.2, 0) is 22.9 Å². The Morgan fingerprint density at radius 3 is 2.52 bits per heavy atom. The standard InChI is InChI=1S/C18H19Cl2NO3S/c1-11(13-7-6-12-4-3-5-14(12)10-13)21-25(22,23)16-9-8-15(24-2)17(19)18(16)20/h6-11,21H,3-5H2,1-2H3/t11-/m1/s1. The molecular formula is C18H19Cl2NO3S. The molecule has 4 nitrogen and oxygen atoms in total. The van der Waals surface area contributed by atoms with Gasteiger partial charge in [-0.3, -0.25) is 0 Å². The second-order valence-electron chi connectivity index (χ2n) is 6.12. The van der Waals surface area contributed by atoms with Crippen LogP contribution in [0.25, 0.3) is 0 Å². The van der Waals surface area contributed by atoms with Gasteiger partial charge in [-0.25, -0.2) is 13.1 Å². The van der Waals surface area contributed by atoms with E-state index < -0.39 is 10.0 Å². The van der Waals surface area contributed by atoms with E-state index in [1.807, 2.05) is 13.0 Å². The van der Waals surface area contributed by atoms with Crippen molar-refractivity contribution in [1.82, 2.24) is 4.72 Å². The minimum absolute atomic E-state index is 0.0466. The van der Waals surface area contributed by atoms with Crippen molar-refractivity contribution in [3.63, 3.8) is 0 Å². The Morgan fingerprint density at radius 1 is 1.08 bits per heavy atom. The summed E-state index contributed by atoms with van der Waals surface area (Å²) >= 11 is 12.2. The van der Waals surface area contributed by atoms with E-state index >= 15 is 0 Å². The fraction of sp³-hybridized carbons (Fsp3) is 0.333. The molecule has 134 valence electrons. The molecular weight excluding hydrogens is 381 g/mol. The first-order chi connectivity index (χ1) is 11.8. The van der Waals surface area contributed by atoms with Crippen LogP contribution < -0.4 is 9.46 Å². The molecule has 7 heteroatoms. The minimum atomic E-state index is -3.82. The SMILES string of the molecule is COc1ccc(S(=O)(=O)N[C@H](C)c2ccc3c(c2)CCC3)c(Cl)c1Cl. The van der Waals surface area contributed by atoms with Crippen molar-refractivity contribution in [2.24, 2.45) is 0 Å². The van der Waals surface area contributed by atoms with Gasteiger partial charge in [0.05, 0.1) is 12.1 Å². The van der Waals surface area contributed by atoms with Crippen molar-refractivity contribution < 1.29 is 13.2 Å². The van der Waals surface area contributed by atoms with E-state index in [4.69, 9.17) is 27.9 Å². The fourth-order valence-corrected chi connectivity index (χ4v) is 5.18. The number of hydrogen-bond donors (Lipinski definition) is 1. The molecule has 0 saturated heterocycles. The maximum absolute atomic E-state index is 12.7. The van der Waals surface area contributed by atoms with Gasteiger partial charge < -0.3 is 4.74 Å². The third-order valence-electron chi connectivity index (χ3n) is 4.48. The average Bonchev–Trinajstić information content (AvgIpc) is 3.04. The molecule has 25 heavy (non-hydrogen) atoms. The molecule has 0 unspecified atom stereocenters. The summed E-state index contributed by atoms with van der Waals surface area (Å²) in [4.78, 5) is -0.0621. The van der Waals surface area contributed by atoms with E-state index in [2.05, 4.69) is 16.9 Å². The summed E-state index contributed by atoms with van der Waals surface area (Å²) in [7, 11) is -2.38. The van der Waals surface area contributed by atoms with Crippen molar-refractivity contribution in [2.45, 2.75) is 37.1 Å². The molecule has 0 spiro atoms. The zero-order valence-electron chi connectivity index (χ0n) is 14.0. The van der Waals surface area contributed by atoms with Crippen LogP contribution in [0.4, 0.5) is 0 Å². The van der Waals surface area contributed by atoms with E-state index in [0.29, 0.717) is 5.75 Å². The summed E-state index contributed by atoms with van der Waals surface area (Å²) in [5.74, 6) is 0.331. The molecule has 1 aliphatic carbocycles. The van der Waals surface area contributed by atoms with Crippen LogP contribution in [0.5, 0.6) is 5.75 Å². The smallest absolute Gasteiger partial charge is 0.242 e. The number of rotatable bonds is 5. The molecule has 0 bridgehead atoms. The molecule has 0 aromatic heterocycles. The maximum Gasteiger partial charge on any atom is 0.242 e. The normalized spacial score (nSPS) is 15.0.